The average molecular weight is 464 g/mol. The van der Waals surface area contributed by atoms with Gasteiger partial charge in [0.25, 0.3) is 0 Å². The van der Waals surface area contributed by atoms with Crippen LogP contribution in [0.15, 0.2) is 30.5 Å². The van der Waals surface area contributed by atoms with Crippen LogP contribution in [0.1, 0.15) is 45.1 Å². The number of rotatable bonds is 5. The molecule has 0 spiro atoms. The Morgan fingerprint density at radius 2 is 1.68 bits per heavy atom. The van der Waals surface area contributed by atoms with Crippen molar-refractivity contribution in [2.45, 2.75) is 52.1 Å². The lowest BCUT2D eigenvalue weighted by Gasteiger charge is -2.35. The maximum absolute atomic E-state index is 5.08. The van der Waals surface area contributed by atoms with Gasteiger partial charge in [-0.05, 0) is 43.0 Å². The highest BCUT2D eigenvalue weighted by atomic mass is 15.3. The Balaban J connectivity index is 1.30. The van der Waals surface area contributed by atoms with Crippen LogP contribution in [0.2, 0.25) is 0 Å². The van der Waals surface area contributed by atoms with E-state index in [-0.39, 0.29) is 5.41 Å². The van der Waals surface area contributed by atoms with Gasteiger partial charge >= 0.3 is 0 Å². The summed E-state index contributed by atoms with van der Waals surface area (Å²) in [7, 11) is 4.37. The van der Waals surface area contributed by atoms with Crippen LogP contribution in [-0.2, 0) is 6.54 Å². The molecule has 2 fully saturated rings. The van der Waals surface area contributed by atoms with Crippen molar-refractivity contribution in [3.8, 4) is 0 Å². The van der Waals surface area contributed by atoms with Crippen LogP contribution in [0.4, 0.5) is 23.1 Å². The smallest absolute Gasteiger partial charge is 0.225 e. The fraction of sp³-hybridized carbons (Fsp3) is 0.630. The number of piperazine rings is 1. The maximum Gasteiger partial charge on any atom is 0.225 e. The second-order valence-corrected chi connectivity index (χ2v) is 11.3. The van der Waals surface area contributed by atoms with E-state index in [9.17, 15) is 0 Å². The van der Waals surface area contributed by atoms with Gasteiger partial charge in [0.05, 0.1) is 11.9 Å². The van der Waals surface area contributed by atoms with Crippen molar-refractivity contribution in [3.63, 3.8) is 0 Å². The number of nitrogens with zero attached hydrogens (tertiary/aromatic N) is 6. The molecule has 1 saturated heterocycles. The van der Waals surface area contributed by atoms with Gasteiger partial charge in [0, 0.05) is 64.6 Å². The van der Waals surface area contributed by atoms with Gasteiger partial charge in [-0.3, -0.25) is 0 Å². The van der Waals surface area contributed by atoms with E-state index < -0.39 is 0 Å². The van der Waals surface area contributed by atoms with Crippen molar-refractivity contribution in [1.29, 1.82) is 0 Å². The molecule has 0 unspecified atom stereocenters. The van der Waals surface area contributed by atoms with E-state index in [0.29, 0.717) is 6.04 Å². The molecule has 3 aliphatic rings. The van der Waals surface area contributed by atoms with E-state index in [1.807, 2.05) is 6.20 Å². The van der Waals surface area contributed by atoms with Gasteiger partial charge in [0.2, 0.25) is 5.95 Å². The van der Waals surface area contributed by atoms with Crippen LogP contribution in [0.5, 0.6) is 0 Å². The first kappa shape index (κ1) is 23.2. The first-order chi connectivity index (χ1) is 16.4. The largest absolute Gasteiger partial charge is 0.370 e. The molecule has 1 N–H and O–H groups in total. The zero-order chi connectivity index (χ0) is 23.7. The lowest BCUT2D eigenvalue weighted by Crippen LogP contribution is -2.44. The van der Waals surface area contributed by atoms with Crippen LogP contribution in [-0.4, -0.2) is 74.3 Å². The molecular formula is C27H41N7. The summed E-state index contributed by atoms with van der Waals surface area (Å²) in [6.45, 7) is 12.0. The minimum absolute atomic E-state index is 0.206. The topological polar surface area (TPSA) is 50.8 Å². The Morgan fingerprint density at radius 1 is 0.971 bits per heavy atom. The summed E-state index contributed by atoms with van der Waals surface area (Å²) in [5.41, 5.74) is 3.93. The Morgan fingerprint density at radius 3 is 2.38 bits per heavy atom. The highest BCUT2D eigenvalue weighted by Crippen LogP contribution is 2.39. The summed E-state index contributed by atoms with van der Waals surface area (Å²) in [4.78, 5) is 19.6. The monoisotopic (exact) mass is 463 g/mol. The molecule has 0 bridgehead atoms. The van der Waals surface area contributed by atoms with Gasteiger partial charge in [-0.2, -0.15) is 4.98 Å². The van der Waals surface area contributed by atoms with E-state index in [1.165, 1.54) is 36.9 Å². The van der Waals surface area contributed by atoms with Crippen LogP contribution < -0.4 is 20.0 Å². The predicted molar refractivity (Wildman–Crippen MR) is 142 cm³/mol. The number of likely N-dealkylation sites (N-methyl/N-ethyl adjacent to an activating group) is 1. The average Bonchev–Trinajstić information content (AvgIpc) is 3.33. The van der Waals surface area contributed by atoms with Gasteiger partial charge in [0.15, 0.2) is 5.82 Å². The normalized spacial score (nSPS) is 21.5. The van der Waals surface area contributed by atoms with Gasteiger partial charge in [-0.15, -0.1) is 0 Å². The van der Waals surface area contributed by atoms with Crippen LogP contribution in [0.3, 0.4) is 0 Å². The number of nitrogens with one attached hydrogen (secondary N) is 1. The van der Waals surface area contributed by atoms with Crippen molar-refractivity contribution in [1.82, 2.24) is 14.9 Å². The number of hydrogen-bond acceptors (Lipinski definition) is 7. The van der Waals surface area contributed by atoms with Crippen LogP contribution >= 0.6 is 0 Å². The number of anilines is 4. The minimum atomic E-state index is 0.206. The highest BCUT2D eigenvalue weighted by molar-refractivity contribution is 5.69. The molecule has 184 valence electrons. The zero-order valence-electron chi connectivity index (χ0n) is 21.4. The molecule has 1 aromatic carbocycles. The Kier molecular flexibility index (Phi) is 6.56. The fourth-order valence-electron chi connectivity index (χ4n) is 5.83. The Hall–Kier alpha value is -2.54. The molecule has 7 heteroatoms. The van der Waals surface area contributed by atoms with E-state index in [0.717, 1.165) is 63.3 Å². The van der Waals surface area contributed by atoms with Crippen LogP contribution in [0, 0.1) is 5.41 Å². The third-order valence-corrected chi connectivity index (χ3v) is 7.72. The van der Waals surface area contributed by atoms with Gasteiger partial charge in [-0.25, -0.2) is 4.98 Å². The molecule has 1 aliphatic carbocycles. The maximum atomic E-state index is 5.08. The molecule has 1 saturated carbocycles. The van der Waals surface area contributed by atoms with Crippen molar-refractivity contribution in [2.24, 2.45) is 5.41 Å². The summed E-state index contributed by atoms with van der Waals surface area (Å²) < 4.78 is 0. The SMILES string of the molecule is CN1CCN(c2ccc(CNc3ncc4c(n3)N(C3CCCC3)CC(C)(C)CN4C)cc2)CC1. The number of aromatic nitrogens is 2. The van der Waals surface area contributed by atoms with Crippen molar-refractivity contribution < 1.29 is 0 Å². The van der Waals surface area contributed by atoms with Gasteiger partial charge in [-0.1, -0.05) is 38.8 Å². The molecule has 2 aromatic rings. The molecule has 0 radical (unpaired) electrons. The summed E-state index contributed by atoms with van der Waals surface area (Å²) in [6.07, 6.45) is 7.21. The third kappa shape index (κ3) is 5.09. The predicted octanol–water partition coefficient (Wildman–Crippen LogP) is 4.07. The molecular weight excluding hydrogens is 422 g/mol. The second-order valence-electron chi connectivity index (χ2n) is 11.3. The summed E-state index contributed by atoms with van der Waals surface area (Å²) >= 11 is 0. The second kappa shape index (κ2) is 9.61. The van der Waals surface area contributed by atoms with Crippen molar-refractivity contribution >= 4 is 23.1 Å². The molecule has 2 aliphatic heterocycles. The lowest BCUT2D eigenvalue weighted by molar-refractivity contribution is 0.313. The van der Waals surface area contributed by atoms with Gasteiger partial charge < -0.3 is 24.9 Å². The molecule has 34 heavy (non-hydrogen) atoms. The fourth-order valence-corrected chi connectivity index (χ4v) is 5.83. The Bertz CT molecular complexity index is 959. The highest BCUT2D eigenvalue weighted by Gasteiger charge is 2.35. The molecule has 1 aromatic heterocycles. The van der Waals surface area contributed by atoms with E-state index in [4.69, 9.17) is 9.97 Å². The molecule has 7 nitrogen and oxygen atoms in total. The first-order valence-corrected chi connectivity index (χ1v) is 13.0. The lowest BCUT2D eigenvalue weighted by atomic mass is 9.92. The van der Waals surface area contributed by atoms with E-state index in [2.05, 4.69) is 77.1 Å². The van der Waals surface area contributed by atoms with Crippen molar-refractivity contribution in [3.05, 3.63) is 36.0 Å². The standard InChI is InChI=1S/C27H41N7/c1-27(2)19-32(4)24-18-29-26(30-25(24)34(20-27)23-7-5-6-8-23)28-17-21-9-11-22(12-10-21)33-15-13-31(3)14-16-33/h9-12,18,23H,5-8,13-17,19-20H2,1-4H3,(H,28,29,30). The first-order valence-electron chi connectivity index (χ1n) is 13.0. The molecule has 5 rings (SSSR count). The van der Waals surface area contributed by atoms with E-state index >= 15 is 0 Å². The quantitative estimate of drug-likeness (QED) is 0.717. The number of benzene rings is 1. The Labute approximate surface area is 205 Å². The number of fused-ring (bicyclic) bond motifs is 1. The minimum Gasteiger partial charge on any atom is -0.370 e. The van der Waals surface area contributed by atoms with Crippen molar-refractivity contribution in [2.75, 3.05) is 73.4 Å². The third-order valence-electron chi connectivity index (χ3n) is 7.72. The summed E-state index contributed by atoms with van der Waals surface area (Å²) in [5, 5.41) is 3.50. The summed E-state index contributed by atoms with van der Waals surface area (Å²) in [5.74, 6) is 1.82. The van der Waals surface area contributed by atoms with Gasteiger partial charge in [0.1, 0.15) is 0 Å². The van der Waals surface area contributed by atoms with E-state index in [1.54, 1.807) is 0 Å². The molecule has 0 amide bonds. The zero-order valence-corrected chi connectivity index (χ0v) is 21.4. The number of hydrogen-bond donors (Lipinski definition) is 1. The molecule has 0 atom stereocenters. The van der Waals surface area contributed by atoms with Crippen LogP contribution in [0.25, 0.3) is 0 Å². The summed E-state index contributed by atoms with van der Waals surface area (Å²) in [6, 6.07) is 9.55. The molecule has 3 heterocycles.